The van der Waals surface area contributed by atoms with Crippen LogP contribution in [0.15, 0.2) is 29.1 Å². The SMILES string of the molecule is O=C([O-])c1ccc(/C=C/c2nc3sc4c(c3c(=O)[nH]2)CCCCC4)cc1. The van der Waals surface area contributed by atoms with Gasteiger partial charge in [-0.1, -0.05) is 36.8 Å². The third-order valence-electron chi connectivity index (χ3n) is 4.67. The van der Waals surface area contributed by atoms with E-state index in [2.05, 4.69) is 9.97 Å². The fourth-order valence-corrected chi connectivity index (χ4v) is 4.61. The lowest BCUT2D eigenvalue weighted by atomic mass is 10.1. The molecule has 0 atom stereocenters. The van der Waals surface area contributed by atoms with Crippen molar-refractivity contribution in [1.29, 1.82) is 0 Å². The predicted molar refractivity (Wildman–Crippen MR) is 101 cm³/mol. The van der Waals surface area contributed by atoms with E-state index in [1.165, 1.54) is 35.4 Å². The third kappa shape index (κ3) is 3.20. The number of nitrogens with zero attached hydrogens (tertiary/aromatic N) is 1. The Morgan fingerprint density at radius 1 is 1.12 bits per heavy atom. The molecule has 0 fully saturated rings. The molecule has 1 aromatic carbocycles. The summed E-state index contributed by atoms with van der Waals surface area (Å²) in [6, 6.07) is 6.35. The number of rotatable bonds is 3. The number of aromatic carboxylic acids is 1. The van der Waals surface area contributed by atoms with Crippen LogP contribution in [0.25, 0.3) is 22.4 Å². The van der Waals surface area contributed by atoms with Crippen molar-refractivity contribution in [3.05, 3.63) is 62.0 Å². The minimum Gasteiger partial charge on any atom is -0.545 e. The van der Waals surface area contributed by atoms with Crippen LogP contribution in [-0.4, -0.2) is 15.9 Å². The molecule has 0 unspecified atom stereocenters. The first-order valence-corrected chi connectivity index (χ1v) is 9.47. The second-order valence-electron chi connectivity index (χ2n) is 6.44. The fourth-order valence-electron chi connectivity index (χ4n) is 3.34. The second-order valence-corrected chi connectivity index (χ2v) is 7.52. The number of nitrogens with one attached hydrogen (secondary N) is 1. The van der Waals surface area contributed by atoms with Gasteiger partial charge in [-0.3, -0.25) is 4.79 Å². The normalized spacial score (nSPS) is 14.5. The van der Waals surface area contributed by atoms with Gasteiger partial charge in [-0.2, -0.15) is 0 Å². The summed E-state index contributed by atoms with van der Waals surface area (Å²) in [4.78, 5) is 32.9. The largest absolute Gasteiger partial charge is 0.545 e. The summed E-state index contributed by atoms with van der Waals surface area (Å²) < 4.78 is 0. The highest BCUT2D eigenvalue weighted by Crippen LogP contribution is 2.32. The van der Waals surface area contributed by atoms with Crippen LogP contribution in [0.1, 0.15) is 51.4 Å². The van der Waals surface area contributed by atoms with Crippen LogP contribution in [0.3, 0.4) is 0 Å². The molecule has 0 aliphatic heterocycles. The van der Waals surface area contributed by atoms with Crippen LogP contribution in [0.2, 0.25) is 0 Å². The Bertz CT molecular complexity index is 1060. The Labute approximate surface area is 154 Å². The van der Waals surface area contributed by atoms with Gasteiger partial charge in [-0.25, -0.2) is 4.98 Å². The topological polar surface area (TPSA) is 85.9 Å². The molecule has 26 heavy (non-hydrogen) atoms. The Morgan fingerprint density at radius 3 is 2.65 bits per heavy atom. The Morgan fingerprint density at radius 2 is 1.88 bits per heavy atom. The van der Waals surface area contributed by atoms with E-state index in [9.17, 15) is 14.7 Å². The van der Waals surface area contributed by atoms with Crippen molar-refractivity contribution in [2.24, 2.45) is 0 Å². The number of hydrogen-bond donors (Lipinski definition) is 1. The number of fused-ring (bicyclic) bond motifs is 3. The monoisotopic (exact) mass is 365 g/mol. The molecule has 1 aliphatic carbocycles. The van der Waals surface area contributed by atoms with Crippen LogP contribution in [-0.2, 0) is 12.8 Å². The lowest BCUT2D eigenvalue weighted by Gasteiger charge is -2.01. The highest BCUT2D eigenvalue weighted by Gasteiger charge is 2.18. The van der Waals surface area contributed by atoms with Crippen molar-refractivity contribution in [1.82, 2.24) is 9.97 Å². The van der Waals surface area contributed by atoms with Gasteiger partial charge in [-0.15, -0.1) is 11.3 Å². The molecule has 0 amide bonds. The molecule has 2 aromatic heterocycles. The molecular formula is C20H17N2O3S-. The molecule has 0 saturated carbocycles. The number of carbonyl (C=O) groups excluding carboxylic acids is 1. The lowest BCUT2D eigenvalue weighted by Crippen LogP contribution is -2.21. The Kier molecular flexibility index (Phi) is 4.42. The van der Waals surface area contributed by atoms with E-state index >= 15 is 0 Å². The maximum atomic E-state index is 12.6. The quantitative estimate of drug-likeness (QED) is 0.723. The maximum absolute atomic E-state index is 12.6. The van der Waals surface area contributed by atoms with Gasteiger partial charge in [-0.05, 0) is 48.4 Å². The molecular weight excluding hydrogens is 348 g/mol. The predicted octanol–water partition coefficient (Wildman–Crippen LogP) is 2.79. The van der Waals surface area contributed by atoms with Gasteiger partial charge in [0.15, 0.2) is 0 Å². The molecule has 0 bridgehead atoms. The smallest absolute Gasteiger partial charge is 0.260 e. The number of H-pyrrole nitrogens is 1. The first kappa shape index (κ1) is 16.7. The van der Waals surface area contributed by atoms with Gasteiger partial charge in [0.2, 0.25) is 0 Å². The number of thiophene rings is 1. The number of aromatic amines is 1. The number of carboxylic acid groups (broad SMARTS) is 1. The molecule has 1 aliphatic rings. The minimum absolute atomic E-state index is 0.0821. The number of carboxylic acids is 1. The average molecular weight is 365 g/mol. The van der Waals surface area contributed by atoms with Crippen molar-refractivity contribution < 1.29 is 9.90 Å². The van der Waals surface area contributed by atoms with Gasteiger partial charge in [0.05, 0.1) is 11.4 Å². The molecule has 6 heteroatoms. The zero-order valence-electron chi connectivity index (χ0n) is 14.1. The maximum Gasteiger partial charge on any atom is 0.260 e. The first-order chi connectivity index (χ1) is 12.6. The summed E-state index contributed by atoms with van der Waals surface area (Å²) in [5, 5.41) is 11.5. The van der Waals surface area contributed by atoms with Crippen LogP contribution in [0.5, 0.6) is 0 Å². The molecule has 132 valence electrons. The highest BCUT2D eigenvalue weighted by molar-refractivity contribution is 7.18. The van der Waals surface area contributed by atoms with Crippen LogP contribution in [0.4, 0.5) is 0 Å². The average Bonchev–Trinajstić information content (AvgIpc) is 2.82. The van der Waals surface area contributed by atoms with Crippen LogP contribution < -0.4 is 10.7 Å². The van der Waals surface area contributed by atoms with E-state index in [4.69, 9.17) is 0 Å². The fraction of sp³-hybridized carbons (Fsp3) is 0.250. The zero-order valence-corrected chi connectivity index (χ0v) is 14.9. The van der Waals surface area contributed by atoms with E-state index in [0.29, 0.717) is 5.82 Å². The minimum atomic E-state index is -1.20. The summed E-state index contributed by atoms with van der Waals surface area (Å²) in [6.07, 6.45) is 9.03. The first-order valence-electron chi connectivity index (χ1n) is 8.66. The molecule has 5 nitrogen and oxygen atoms in total. The molecule has 4 rings (SSSR count). The van der Waals surface area contributed by atoms with E-state index in [1.54, 1.807) is 35.6 Å². The van der Waals surface area contributed by atoms with Gasteiger partial charge < -0.3 is 14.9 Å². The summed E-state index contributed by atoms with van der Waals surface area (Å²) in [6.45, 7) is 0. The summed E-state index contributed by atoms with van der Waals surface area (Å²) in [5.41, 5.74) is 2.06. The molecule has 2 heterocycles. The molecule has 0 spiro atoms. The molecule has 3 aromatic rings. The van der Waals surface area contributed by atoms with Gasteiger partial charge in [0, 0.05) is 4.88 Å². The Hall–Kier alpha value is -2.73. The van der Waals surface area contributed by atoms with Crippen molar-refractivity contribution in [3.63, 3.8) is 0 Å². The lowest BCUT2D eigenvalue weighted by molar-refractivity contribution is -0.255. The number of carbonyl (C=O) groups is 1. The van der Waals surface area contributed by atoms with Gasteiger partial charge in [0.1, 0.15) is 10.7 Å². The van der Waals surface area contributed by atoms with Gasteiger partial charge >= 0.3 is 0 Å². The number of hydrogen-bond acceptors (Lipinski definition) is 5. The number of aromatic nitrogens is 2. The molecule has 1 N–H and O–H groups in total. The van der Waals surface area contributed by atoms with Crippen LogP contribution >= 0.6 is 11.3 Å². The summed E-state index contributed by atoms with van der Waals surface area (Å²) >= 11 is 1.63. The summed E-state index contributed by atoms with van der Waals surface area (Å²) in [7, 11) is 0. The van der Waals surface area contributed by atoms with Crippen molar-refractivity contribution in [3.8, 4) is 0 Å². The van der Waals surface area contributed by atoms with E-state index < -0.39 is 5.97 Å². The second kappa shape index (κ2) is 6.88. The number of benzene rings is 1. The van der Waals surface area contributed by atoms with Gasteiger partial charge in [0.25, 0.3) is 5.56 Å². The van der Waals surface area contributed by atoms with Crippen molar-refractivity contribution in [2.45, 2.75) is 32.1 Å². The Balaban J connectivity index is 1.67. The van der Waals surface area contributed by atoms with Crippen molar-refractivity contribution in [2.75, 3.05) is 0 Å². The molecule has 0 radical (unpaired) electrons. The summed E-state index contributed by atoms with van der Waals surface area (Å²) in [5.74, 6) is -0.697. The number of aryl methyl sites for hydroxylation is 2. The standard InChI is InChI=1S/C20H18N2O3S/c23-18-17-14-4-2-1-3-5-15(14)26-19(17)22-16(21-18)11-8-12-6-9-13(10-7-12)20(24)25/h6-11H,1-5H2,(H,24,25)(H,21,22,23)/p-1/b11-8+. The van der Waals surface area contributed by atoms with E-state index in [0.717, 1.165) is 35.0 Å². The van der Waals surface area contributed by atoms with Crippen molar-refractivity contribution >= 4 is 39.7 Å². The third-order valence-corrected chi connectivity index (χ3v) is 5.86. The zero-order chi connectivity index (χ0) is 18.1. The van der Waals surface area contributed by atoms with Crippen LogP contribution in [0, 0.1) is 0 Å². The highest BCUT2D eigenvalue weighted by atomic mass is 32.1. The van der Waals surface area contributed by atoms with E-state index in [-0.39, 0.29) is 11.1 Å². The molecule has 0 saturated heterocycles. The van der Waals surface area contributed by atoms with E-state index in [1.807, 2.05) is 0 Å².